The summed E-state index contributed by atoms with van der Waals surface area (Å²) in [7, 11) is -4.03. The molecule has 112 valence electrons. The topological polar surface area (TPSA) is 77.2 Å². The summed E-state index contributed by atoms with van der Waals surface area (Å²) >= 11 is 0. The largest absolute Gasteiger partial charge is 0.416 e. The van der Waals surface area contributed by atoms with Gasteiger partial charge in [0.15, 0.2) is 15.5 Å². The summed E-state index contributed by atoms with van der Waals surface area (Å²) in [6, 6.07) is 3.08. The molecule has 0 saturated heterocycles. The molecule has 0 unspecified atom stereocenters. The number of benzene rings is 1. The van der Waals surface area contributed by atoms with Crippen LogP contribution in [-0.4, -0.2) is 25.6 Å². The molecule has 1 heterocycles. The standard InChI is InChI=1S/C12H8F3NO4S/c1-21(18,19)10-6-7(12(13,14)15)2-3-8(10)11(17)9-4-5-20-16-9/h2-6H,1H3. The second-order valence-corrected chi connectivity index (χ2v) is 6.18. The molecule has 0 aliphatic rings. The monoisotopic (exact) mass is 319 g/mol. The van der Waals surface area contributed by atoms with Crippen molar-refractivity contribution in [3.8, 4) is 0 Å². The van der Waals surface area contributed by atoms with Gasteiger partial charge in [-0.05, 0) is 18.2 Å². The van der Waals surface area contributed by atoms with Crippen LogP contribution in [0.25, 0.3) is 0 Å². The molecule has 0 amide bonds. The molecule has 0 spiro atoms. The zero-order valence-corrected chi connectivity index (χ0v) is 11.3. The number of carbonyl (C=O) groups is 1. The minimum Gasteiger partial charge on any atom is -0.364 e. The van der Waals surface area contributed by atoms with Gasteiger partial charge >= 0.3 is 6.18 Å². The van der Waals surface area contributed by atoms with Crippen molar-refractivity contribution < 1.29 is 30.9 Å². The summed E-state index contributed by atoms with van der Waals surface area (Å²) in [4.78, 5) is 11.4. The van der Waals surface area contributed by atoms with Gasteiger partial charge in [-0.3, -0.25) is 4.79 Å². The van der Waals surface area contributed by atoms with Crippen LogP contribution >= 0.6 is 0 Å². The van der Waals surface area contributed by atoms with Gasteiger partial charge < -0.3 is 4.52 Å². The van der Waals surface area contributed by atoms with E-state index in [1.54, 1.807) is 0 Å². The predicted molar refractivity (Wildman–Crippen MR) is 64.5 cm³/mol. The fraction of sp³-hybridized carbons (Fsp3) is 0.167. The molecule has 2 aromatic rings. The van der Waals surface area contributed by atoms with E-state index >= 15 is 0 Å². The molecule has 5 nitrogen and oxygen atoms in total. The molecule has 0 aliphatic heterocycles. The Labute approximate surface area is 117 Å². The van der Waals surface area contributed by atoms with Crippen molar-refractivity contribution in [2.75, 3.05) is 6.26 Å². The lowest BCUT2D eigenvalue weighted by Gasteiger charge is -2.11. The number of alkyl halides is 3. The summed E-state index contributed by atoms with van der Waals surface area (Å²) in [5.74, 6) is -0.835. The SMILES string of the molecule is CS(=O)(=O)c1cc(C(F)(F)F)ccc1C(=O)c1ccon1. The van der Waals surface area contributed by atoms with E-state index in [4.69, 9.17) is 0 Å². The van der Waals surface area contributed by atoms with Gasteiger partial charge in [0.05, 0.1) is 10.5 Å². The van der Waals surface area contributed by atoms with Crippen LogP contribution in [0.3, 0.4) is 0 Å². The second-order valence-electron chi connectivity index (χ2n) is 4.19. The van der Waals surface area contributed by atoms with Gasteiger partial charge in [0, 0.05) is 17.9 Å². The predicted octanol–water partition coefficient (Wildman–Crippen LogP) is 2.33. The van der Waals surface area contributed by atoms with Crippen molar-refractivity contribution in [2.45, 2.75) is 11.1 Å². The van der Waals surface area contributed by atoms with Crippen LogP contribution < -0.4 is 0 Å². The molecular formula is C12H8F3NO4S. The average Bonchev–Trinajstić information content (AvgIpc) is 2.89. The first-order chi connectivity index (χ1) is 9.60. The Morgan fingerprint density at radius 1 is 1.24 bits per heavy atom. The molecule has 1 aromatic heterocycles. The maximum Gasteiger partial charge on any atom is 0.416 e. The van der Waals surface area contributed by atoms with Crippen LogP contribution in [0.2, 0.25) is 0 Å². The second kappa shape index (κ2) is 4.99. The Kier molecular flexibility index (Phi) is 3.62. The zero-order chi connectivity index (χ0) is 15.8. The van der Waals surface area contributed by atoms with Gasteiger partial charge in [0.25, 0.3) is 0 Å². The van der Waals surface area contributed by atoms with Crippen LogP contribution in [0.5, 0.6) is 0 Å². The Morgan fingerprint density at radius 2 is 1.90 bits per heavy atom. The first-order valence-electron chi connectivity index (χ1n) is 5.47. The molecule has 0 N–H and O–H groups in total. The van der Waals surface area contributed by atoms with Gasteiger partial charge in [0.1, 0.15) is 6.26 Å². The molecule has 9 heteroatoms. The summed E-state index contributed by atoms with van der Waals surface area (Å²) in [5, 5.41) is 3.35. The van der Waals surface area contributed by atoms with E-state index in [0.29, 0.717) is 12.1 Å². The summed E-state index contributed by atoms with van der Waals surface area (Å²) in [5.41, 5.74) is -1.74. The molecule has 21 heavy (non-hydrogen) atoms. The lowest BCUT2D eigenvalue weighted by Crippen LogP contribution is -2.13. The number of sulfone groups is 1. The fourth-order valence-corrected chi connectivity index (χ4v) is 2.56. The van der Waals surface area contributed by atoms with Crippen molar-refractivity contribution in [1.29, 1.82) is 0 Å². The summed E-state index contributed by atoms with van der Waals surface area (Å²) in [6.45, 7) is 0. The highest BCUT2D eigenvalue weighted by Crippen LogP contribution is 2.32. The van der Waals surface area contributed by atoms with Crippen LogP contribution in [-0.2, 0) is 16.0 Å². The Morgan fingerprint density at radius 3 is 2.38 bits per heavy atom. The molecule has 0 aliphatic carbocycles. The molecule has 0 radical (unpaired) electrons. The Balaban J connectivity index is 2.65. The highest BCUT2D eigenvalue weighted by Gasteiger charge is 2.33. The van der Waals surface area contributed by atoms with Crippen LogP contribution in [0, 0.1) is 0 Å². The normalized spacial score (nSPS) is 12.4. The number of carbonyl (C=O) groups excluding carboxylic acids is 1. The van der Waals surface area contributed by atoms with E-state index < -0.39 is 32.3 Å². The first-order valence-corrected chi connectivity index (χ1v) is 7.36. The molecule has 1 aromatic carbocycles. The number of halogens is 3. The molecule has 0 saturated carbocycles. The third-order valence-corrected chi connectivity index (χ3v) is 3.76. The Bertz CT molecular complexity index is 779. The summed E-state index contributed by atoms with van der Waals surface area (Å²) in [6.07, 6.45) is -2.89. The van der Waals surface area contributed by atoms with E-state index in [1.807, 2.05) is 0 Å². The number of rotatable bonds is 3. The molecule has 0 bridgehead atoms. The maximum absolute atomic E-state index is 12.7. The van der Waals surface area contributed by atoms with E-state index in [9.17, 15) is 26.4 Å². The molecular weight excluding hydrogens is 311 g/mol. The number of aromatic nitrogens is 1. The molecule has 2 rings (SSSR count). The van der Waals surface area contributed by atoms with Gasteiger partial charge in [-0.15, -0.1) is 0 Å². The number of ketones is 1. The third kappa shape index (κ3) is 3.13. The summed E-state index contributed by atoms with van der Waals surface area (Å²) < 4.78 is 65.7. The zero-order valence-electron chi connectivity index (χ0n) is 10.5. The van der Waals surface area contributed by atoms with Gasteiger partial charge in [0.2, 0.25) is 5.78 Å². The fourth-order valence-electron chi connectivity index (χ4n) is 1.66. The minimum atomic E-state index is -4.71. The van der Waals surface area contributed by atoms with Crippen molar-refractivity contribution in [3.63, 3.8) is 0 Å². The van der Waals surface area contributed by atoms with Crippen LogP contribution in [0.4, 0.5) is 13.2 Å². The average molecular weight is 319 g/mol. The quantitative estimate of drug-likeness (QED) is 0.812. The van der Waals surface area contributed by atoms with Gasteiger partial charge in [-0.2, -0.15) is 13.2 Å². The first kappa shape index (κ1) is 15.2. The van der Waals surface area contributed by atoms with E-state index in [-0.39, 0.29) is 11.3 Å². The van der Waals surface area contributed by atoms with E-state index in [0.717, 1.165) is 18.6 Å². The number of hydrogen-bond donors (Lipinski definition) is 0. The molecule has 0 fully saturated rings. The van der Waals surface area contributed by atoms with Crippen molar-refractivity contribution in [3.05, 3.63) is 47.3 Å². The third-order valence-electron chi connectivity index (χ3n) is 2.62. The smallest absolute Gasteiger partial charge is 0.364 e. The highest BCUT2D eigenvalue weighted by molar-refractivity contribution is 7.90. The molecule has 0 atom stereocenters. The maximum atomic E-state index is 12.7. The van der Waals surface area contributed by atoms with E-state index in [2.05, 4.69) is 9.68 Å². The lowest BCUT2D eigenvalue weighted by molar-refractivity contribution is -0.137. The van der Waals surface area contributed by atoms with Crippen molar-refractivity contribution in [2.24, 2.45) is 0 Å². The van der Waals surface area contributed by atoms with Gasteiger partial charge in [-0.25, -0.2) is 8.42 Å². The van der Waals surface area contributed by atoms with Crippen molar-refractivity contribution in [1.82, 2.24) is 5.16 Å². The highest BCUT2D eigenvalue weighted by atomic mass is 32.2. The number of nitrogens with zero attached hydrogens (tertiary/aromatic N) is 1. The lowest BCUT2D eigenvalue weighted by atomic mass is 10.1. The number of hydrogen-bond acceptors (Lipinski definition) is 5. The van der Waals surface area contributed by atoms with Crippen LogP contribution in [0.15, 0.2) is 39.9 Å². The Hall–Kier alpha value is -2.16. The van der Waals surface area contributed by atoms with Crippen LogP contribution in [0.1, 0.15) is 21.6 Å². The van der Waals surface area contributed by atoms with E-state index in [1.165, 1.54) is 6.07 Å². The minimum absolute atomic E-state index is 0.195. The van der Waals surface area contributed by atoms with Gasteiger partial charge in [-0.1, -0.05) is 5.16 Å². The van der Waals surface area contributed by atoms with Crippen molar-refractivity contribution >= 4 is 15.6 Å².